The minimum Gasteiger partial charge on any atom is -0.456 e. The Morgan fingerprint density at radius 3 is 2.50 bits per heavy atom. The molecule has 0 aromatic rings. The minimum atomic E-state index is -2.65. The molecule has 0 aromatic heterocycles. The van der Waals surface area contributed by atoms with E-state index in [1.807, 2.05) is 0 Å². The van der Waals surface area contributed by atoms with Gasteiger partial charge in [-0.1, -0.05) is 6.92 Å². The largest absolute Gasteiger partial charge is 0.456 e. The molecular formula is C8H13F2IO3. The standard InChI is InChI=1S/C8H13F2IO3/c1-2-8(9,10)3-4-13-5-6-14-7(11)12/h2-6H2,1H3. The number of halogens is 3. The van der Waals surface area contributed by atoms with Crippen LogP contribution in [0, 0.1) is 0 Å². The van der Waals surface area contributed by atoms with Crippen molar-refractivity contribution in [1.29, 1.82) is 0 Å². The lowest BCUT2D eigenvalue weighted by molar-refractivity contribution is -0.0390. The van der Waals surface area contributed by atoms with Crippen LogP contribution in [0.4, 0.5) is 13.6 Å². The fourth-order valence-electron chi connectivity index (χ4n) is 0.681. The second-order valence-corrected chi connectivity index (χ2v) is 3.54. The van der Waals surface area contributed by atoms with Crippen molar-refractivity contribution < 1.29 is 23.0 Å². The molecule has 0 aliphatic rings. The monoisotopic (exact) mass is 322 g/mol. The van der Waals surface area contributed by atoms with Crippen LogP contribution < -0.4 is 0 Å². The van der Waals surface area contributed by atoms with Crippen molar-refractivity contribution in [3.8, 4) is 0 Å². The predicted octanol–water partition coefficient (Wildman–Crippen LogP) is 3.01. The summed E-state index contributed by atoms with van der Waals surface area (Å²) in [5, 5.41) is 0. The third-order valence-corrected chi connectivity index (χ3v) is 1.88. The number of rotatable bonds is 7. The van der Waals surface area contributed by atoms with E-state index >= 15 is 0 Å². The zero-order valence-corrected chi connectivity index (χ0v) is 10.1. The van der Waals surface area contributed by atoms with Crippen molar-refractivity contribution in [3.63, 3.8) is 0 Å². The van der Waals surface area contributed by atoms with E-state index in [4.69, 9.17) is 4.74 Å². The van der Waals surface area contributed by atoms with Crippen LogP contribution in [-0.2, 0) is 9.47 Å². The van der Waals surface area contributed by atoms with Gasteiger partial charge in [0.15, 0.2) is 0 Å². The van der Waals surface area contributed by atoms with Crippen molar-refractivity contribution in [3.05, 3.63) is 0 Å². The Kier molecular flexibility index (Phi) is 7.34. The lowest BCUT2D eigenvalue weighted by Crippen LogP contribution is -2.18. The highest BCUT2D eigenvalue weighted by Gasteiger charge is 2.25. The third-order valence-electron chi connectivity index (χ3n) is 1.57. The molecule has 0 rings (SSSR count). The van der Waals surface area contributed by atoms with Gasteiger partial charge in [0.2, 0.25) is 5.92 Å². The van der Waals surface area contributed by atoms with Gasteiger partial charge in [0, 0.05) is 12.8 Å². The lowest BCUT2D eigenvalue weighted by Gasteiger charge is -2.13. The van der Waals surface area contributed by atoms with Crippen molar-refractivity contribution in [2.75, 3.05) is 19.8 Å². The molecule has 14 heavy (non-hydrogen) atoms. The van der Waals surface area contributed by atoms with E-state index in [0.29, 0.717) is 0 Å². The maximum Gasteiger partial charge on any atom is 0.367 e. The van der Waals surface area contributed by atoms with Gasteiger partial charge in [-0.05, 0) is 0 Å². The molecule has 0 heterocycles. The predicted molar refractivity (Wildman–Crippen MR) is 56.0 cm³/mol. The van der Waals surface area contributed by atoms with Gasteiger partial charge in [-0.3, -0.25) is 0 Å². The number of alkyl halides is 2. The molecule has 0 N–H and O–H groups in total. The number of hydrogen-bond acceptors (Lipinski definition) is 3. The number of hydrogen-bond donors (Lipinski definition) is 0. The smallest absolute Gasteiger partial charge is 0.367 e. The molecule has 0 saturated carbocycles. The quantitative estimate of drug-likeness (QED) is 0.411. The van der Waals surface area contributed by atoms with E-state index in [-0.39, 0.29) is 32.7 Å². The Labute approximate surface area is 95.3 Å². The second kappa shape index (κ2) is 7.33. The topological polar surface area (TPSA) is 35.5 Å². The number of ether oxygens (including phenoxy) is 2. The van der Waals surface area contributed by atoms with E-state index in [9.17, 15) is 13.6 Å². The Hall–Kier alpha value is 0.0200. The van der Waals surface area contributed by atoms with Crippen LogP contribution in [-0.4, -0.2) is 29.7 Å². The van der Waals surface area contributed by atoms with Gasteiger partial charge in [0.1, 0.15) is 6.61 Å². The van der Waals surface area contributed by atoms with E-state index < -0.39 is 9.90 Å². The van der Waals surface area contributed by atoms with Crippen LogP contribution in [0.3, 0.4) is 0 Å². The van der Waals surface area contributed by atoms with Gasteiger partial charge in [0.25, 0.3) is 0 Å². The molecule has 0 bridgehead atoms. The highest BCUT2D eigenvalue weighted by atomic mass is 127. The molecule has 6 heteroatoms. The zero-order valence-electron chi connectivity index (χ0n) is 7.89. The minimum absolute atomic E-state index is 0.0142. The molecule has 0 atom stereocenters. The second-order valence-electron chi connectivity index (χ2n) is 2.66. The maximum atomic E-state index is 12.6. The fraction of sp³-hybridized carbons (Fsp3) is 0.875. The summed E-state index contributed by atoms with van der Waals surface area (Å²) in [5.74, 6) is -2.65. The third kappa shape index (κ3) is 8.61. The molecule has 0 radical (unpaired) electrons. The maximum absolute atomic E-state index is 12.6. The van der Waals surface area contributed by atoms with Gasteiger partial charge < -0.3 is 9.47 Å². The highest BCUT2D eigenvalue weighted by Crippen LogP contribution is 2.21. The van der Waals surface area contributed by atoms with Gasteiger partial charge in [0.05, 0.1) is 35.8 Å². The number of carbonyl (C=O) groups is 1. The first-order valence-corrected chi connectivity index (χ1v) is 5.33. The summed E-state index contributed by atoms with van der Waals surface area (Å²) in [5.41, 5.74) is 0. The Morgan fingerprint density at radius 2 is 2.00 bits per heavy atom. The van der Waals surface area contributed by atoms with Crippen LogP contribution in [0.2, 0.25) is 0 Å². The molecular weight excluding hydrogens is 309 g/mol. The van der Waals surface area contributed by atoms with Crippen molar-refractivity contribution in [1.82, 2.24) is 0 Å². The van der Waals surface area contributed by atoms with E-state index in [2.05, 4.69) is 4.74 Å². The van der Waals surface area contributed by atoms with E-state index in [1.165, 1.54) is 29.5 Å². The molecule has 0 unspecified atom stereocenters. The first-order chi connectivity index (χ1) is 6.48. The van der Waals surface area contributed by atoms with E-state index in [0.717, 1.165) is 0 Å². The SMILES string of the molecule is CCC(F)(F)CCOCCOC(=O)I. The van der Waals surface area contributed by atoms with Gasteiger partial charge in [-0.2, -0.15) is 0 Å². The van der Waals surface area contributed by atoms with Gasteiger partial charge in [-0.25, -0.2) is 13.6 Å². The summed E-state index contributed by atoms with van der Waals surface area (Å²) in [6, 6.07) is 0. The average Bonchev–Trinajstić information content (AvgIpc) is 2.10. The summed E-state index contributed by atoms with van der Waals surface area (Å²) in [7, 11) is 0. The molecule has 0 spiro atoms. The van der Waals surface area contributed by atoms with E-state index in [1.54, 1.807) is 0 Å². The Bertz CT molecular complexity index is 176. The number of carbonyl (C=O) groups excluding carboxylic acids is 1. The van der Waals surface area contributed by atoms with Gasteiger partial charge >= 0.3 is 3.98 Å². The molecule has 0 saturated heterocycles. The van der Waals surface area contributed by atoms with Crippen LogP contribution in [0.25, 0.3) is 0 Å². The summed E-state index contributed by atoms with van der Waals surface area (Å²) in [6.07, 6.45) is -0.471. The summed E-state index contributed by atoms with van der Waals surface area (Å²) >= 11 is 1.49. The first kappa shape index (κ1) is 14.0. The molecule has 0 fully saturated rings. The molecule has 0 aliphatic carbocycles. The molecule has 0 amide bonds. The average molecular weight is 322 g/mol. The van der Waals surface area contributed by atoms with Crippen molar-refractivity contribution in [2.45, 2.75) is 25.7 Å². The molecule has 84 valence electrons. The van der Waals surface area contributed by atoms with Crippen LogP contribution in [0.1, 0.15) is 19.8 Å². The molecule has 0 aliphatic heterocycles. The fourth-order valence-corrected chi connectivity index (χ4v) is 0.901. The van der Waals surface area contributed by atoms with Crippen LogP contribution in [0.15, 0.2) is 0 Å². The van der Waals surface area contributed by atoms with Crippen molar-refractivity contribution >= 4 is 26.6 Å². The zero-order chi connectivity index (χ0) is 11.0. The van der Waals surface area contributed by atoms with Crippen LogP contribution >= 0.6 is 22.6 Å². The normalized spacial score (nSPS) is 11.4. The van der Waals surface area contributed by atoms with Crippen molar-refractivity contribution in [2.24, 2.45) is 0 Å². The van der Waals surface area contributed by atoms with Gasteiger partial charge in [-0.15, -0.1) is 0 Å². The Morgan fingerprint density at radius 1 is 1.36 bits per heavy atom. The summed E-state index contributed by atoms with van der Waals surface area (Å²) in [4.78, 5) is 10.3. The summed E-state index contributed by atoms with van der Waals surface area (Å²) in [6.45, 7) is 1.69. The lowest BCUT2D eigenvalue weighted by atomic mass is 10.2. The highest BCUT2D eigenvalue weighted by molar-refractivity contribution is 14.1. The molecule has 3 nitrogen and oxygen atoms in total. The Balaban J connectivity index is 3.25. The van der Waals surface area contributed by atoms with Crippen LogP contribution in [0.5, 0.6) is 0 Å². The molecule has 0 aromatic carbocycles. The first-order valence-electron chi connectivity index (χ1n) is 4.26. The summed E-state index contributed by atoms with van der Waals surface area (Å²) < 4.78 is 34.2.